The Balaban J connectivity index is 1.44. The van der Waals surface area contributed by atoms with Gasteiger partial charge >= 0.3 is 0 Å². The van der Waals surface area contributed by atoms with Crippen molar-refractivity contribution in [2.75, 3.05) is 19.4 Å². The van der Waals surface area contributed by atoms with Crippen LogP contribution in [0.4, 0.5) is 11.5 Å². The molecule has 0 amide bonds. The van der Waals surface area contributed by atoms with Gasteiger partial charge in [0.05, 0.1) is 5.52 Å². The molecule has 5 nitrogen and oxygen atoms in total. The highest BCUT2D eigenvalue weighted by molar-refractivity contribution is 5.96. The van der Waals surface area contributed by atoms with Crippen LogP contribution >= 0.6 is 0 Å². The van der Waals surface area contributed by atoms with Crippen molar-refractivity contribution in [3.8, 4) is 22.8 Å². The second kappa shape index (κ2) is 9.39. The topological polar surface area (TPSA) is 42.3 Å². The van der Waals surface area contributed by atoms with Crippen LogP contribution in [0.25, 0.3) is 27.9 Å². The quantitative estimate of drug-likeness (QED) is 0.276. The van der Waals surface area contributed by atoms with E-state index >= 15 is 0 Å². The van der Waals surface area contributed by atoms with E-state index in [9.17, 15) is 0 Å². The lowest BCUT2D eigenvalue weighted by Gasteiger charge is -2.16. The fourth-order valence-corrected chi connectivity index (χ4v) is 4.13. The number of fused-ring (bicyclic) bond motifs is 1. The summed E-state index contributed by atoms with van der Waals surface area (Å²) in [6.45, 7) is 4.16. The smallest absolute Gasteiger partial charge is 0.139 e. The molecular formula is C30H28N4O. The normalized spacial score (nSPS) is 10.8. The zero-order valence-electron chi connectivity index (χ0n) is 20.2. The lowest BCUT2D eigenvalue weighted by molar-refractivity contribution is 0.483. The summed E-state index contributed by atoms with van der Waals surface area (Å²) in [5.74, 6) is 2.37. The molecule has 0 saturated heterocycles. The van der Waals surface area contributed by atoms with Crippen LogP contribution in [0.5, 0.6) is 11.5 Å². The Hall–Kier alpha value is -4.51. The highest BCUT2D eigenvalue weighted by Crippen LogP contribution is 2.33. The number of pyridine rings is 1. The second-order valence-corrected chi connectivity index (χ2v) is 8.67. The predicted molar refractivity (Wildman–Crippen MR) is 145 cm³/mol. The highest BCUT2D eigenvalue weighted by atomic mass is 16.5. The van der Waals surface area contributed by atoms with E-state index in [0.717, 1.165) is 56.4 Å². The second-order valence-electron chi connectivity index (χ2n) is 8.67. The number of para-hydroxylation sites is 1. The van der Waals surface area contributed by atoms with Crippen LogP contribution in [0.3, 0.4) is 0 Å². The molecule has 3 aromatic carbocycles. The van der Waals surface area contributed by atoms with Gasteiger partial charge in [-0.15, -0.1) is 0 Å². The van der Waals surface area contributed by atoms with Crippen molar-refractivity contribution in [3.63, 3.8) is 0 Å². The molecular weight excluding hydrogens is 432 g/mol. The first kappa shape index (κ1) is 22.3. The average molecular weight is 461 g/mol. The number of anilines is 2. The van der Waals surface area contributed by atoms with E-state index in [0.29, 0.717) is 0 Å². The largest absolute Gasteiger partial charge is 0.457 e. The molecule has 0 bridgehead atoms. The van der Waals surface area contributed by atoms with Gasteiger partial charge in [-0.25, -0.2) is 4.98 Å². The van der Waals surface area contributed by atoms with Crippen molar-refractivity contribution in [3.05, 3.63) is 109 Å². The van der Waals surface area contributed by atoms with Crippen LogP contribution in [-0.2, 0) is 7.05 Å². The van der Waals surface area contributed by atoms with E-state index in [1.54, 1.807) is 0 Å². The fraction of sp³-hybridized carbons (Fsp3) is 0.100. The van der Waals surface area contributed by atoms with E-state index in [4.69, 9.17) is 4.74 Å². The molecule has 5 aromatic rings. The SMILES string of the molecule is C=C(c1ccc(-c2cc3c(Nc4cccc(Oc5ccccc5)c4)nccc3n2C)cc1)N(C)C. The van der Waals surface area contributed by atoms with E-state index < -0.39 is 0 Å². The maximum Gasteiger partial charge on any atom is 0.139 e. The van der Waals surface area contributed by atoms with Crippen molar-refractivity contribution < 1.29 is 4.74 Å². The van der Waals surface area contributed by atoms with Crippen LogP contribution in [0.2, 0.25) is 0 Å². The molecule has 0 aliphatic carbocycles. The van der Waals surface area contributed by atoms with Gasteiger partial charge in [-0.05, 0) is 47.5 Å². The molecule has 0 saturated carbocycles. The fourth-order valence-electron chi connectivity index (χ4n) is 4.13. The van der Waals surface area contributed by atoms with Gasteiger partial charge in [-0.1, -0.05) is 55.1 Å². The summed E-state index contributed by atoms with van der Waals surface area (Å²) in [4.78, 5) is 6.66. The zero-order valence-corrected chi connectivity index (χ0v) is 20.2. The molecule has 0 spiro atoms. The minimum Gasteiger partial charge on any atom is -0.457 e. The number of hydrogen-bond acceptors (Lipinski definition) is 4. The molecule has 2 heterocycles. The van der Waals surface area contributed by atoms with E-state index in [-0.39, 0.29) is 0 Å². The van der Waals surface area contributed by atoms with Crippen LogP contribution in [-0.4, -0.2) is 28.5 Å². The van der Waals surface area contributed by atoms with Crippen LogP contribution < -0.4 is 10.1 Å². The molecule has 1 N–H and O–H groups in total. The molecule has 0 fully saturated rings. The molecule has 0 aliphatic rings. The Morgan fingerprint density at radius 3 is 2.37 bits per heavy atom. The van der Waals surface area contributed by atoms with Crippen LogP contribution in [0.1, 0.15) is 5.56 Å². The maximum absolute atomic E-state index is 5.99. The third-order valence-electron chi connectivity index (χ3n) is 6.10. The van der Waals surface area contributed by atoms with Gasteiger partial charge in [0.25, 0.3) is 0 Å². The molecule has 0 atom stereocenters. The van der Waals surface area contributed by atoms with Crippen molar-refractivity contribution in [2.24, 2.45) is 7.05 Å². The summed E-state index contributed by atoms with van der Waals surface area (Å²) in [5.41, 5.74) is 6.38. The Kier molecular flexibility index (Phi) is 5.98. The Morgan fingerprint density at radius 1 is 0.886 bits per heavy atom. The predicted octanol–water partition coefficient (Wildman–Crippen LogP) is 7.31. The minimum absolute atomic E-state index is 0.765. The van der Waals surface area contributed by atoms with Gasteiger partial charge in [-0.3, -0.25) is 0 Å². The molecule has 2 aromatic heterocycles. The minimum atomic E-state index is 0.765. The van der Waals surface area contributed by atoms with Crippen LogP contribution in [0, 0.1) is 0 Å². The number of rotatable bonds is 7. The van der Waals surface area contributed by atoms with Gasteiger partial charge in [0.15, 0.2) is 0 Å². The van der Waals surface area contributed by atoms with Gasteiger partial charge in [-0.2, -0.15) is 0 Å². The number of nitrogens with one attached hydrogen (secondary N) is 1. The first-order chi connectivity index (χ1) is 17.0. The molecule has 174 valence electrons. The monoisotopic (exact) mass is 460 g/mol. The number of aryl methyl sites for hydroxylation is 1. The Bertz CT molecular complexity index is 1480. The lowest BCUT2D eigenvalue weighted by atomic mass is 10.1. The van der Waals surface area contributed by atoms with Gasteiger partial charge in [0.2, 0.25) is 0 Å². The molecule has 0 unspecified atom stereocenters. The van der Waals surface area contributed by atoms with Crippen molar-refractivity contribution in [1.29, 1.82) is 0 Å². The molecule has 0 aliphatic heterocycles. The number of hydrogen-bond donors (Lipinski definition) is 1. The van der Waals surface area contributed by atoms with Gasteiger partial charge in [0.1, 0.15) is 17.3 Å². The maximum atomic E-state index is 5.99. The molecule has 0 radical (unpaired) electrons. The molecule has 5 rings (SSSR count). The zero-order chi connectivity index (χ0) is 24.4. The summed E-state index contributed by atoms with van der Waals surface area (Å²) in [6, 6.07) is 30.4. The third-order valence-corrected chi connectivity index (χ3v) is 6.10. The summed E-state index contributed by atoms with van der Waals surface area (Å²) < 4.78 is 8.19. The van der Waals surface area contributed by atoms with Crippen LogP contribution in [0.15, 0.2) is 104 Å². The van der Waals surface area contributed by atoms with Crippen molar-refractivity contribution in [2.45, 2.75) is 0 Å². The standard InChI is InChI=1S/C30H28N4O/c1-21(33(2)3)22-13-15-23(16-14-22)29-20-27-28(34(29)4)17-18-31-30(27)32-24-9-8-12-26(19-24)35-25-10-6-5-7-11-25/h5-20H,1H2,2-4H3,(H,31,32). The average Bonchev–Trinajstić information content (AvgIpc) is 3.22. The summed E-state index contributed by atoms with van der Waals surface area (Å²) in [6.07, 6.45) is 1.84. The van der Waals surface area contributed by atoms with E-state index in [2.05, 4.69) is 58.8 Å². The molecule has 35 heavy (non-hydrogen) atoms. The van der Waals surface area contributed by atoms with E-state index in [1.807, 2.05) is 85.9 Å². The number of aromatic nitrogens is 2. The molecule has 5 heteroatoms. The number of benzene rings is 3. The Morgan fingerprint density at radius 2 is 1.63 bits per heavy atom. The summed E-state index contributed by atoms with van der Waals surface area (Å²) in [5, 5.41) is 4.54. The first-order valence-electron chi connectivity index (χ1n) is 11.5. The van der Waals surface area contributed by atoms with Crippen molar-refractivity contribution >= 4 is 28.1 Å². The number of ether oxygens (including phenoxy) is 1. The van der Waals surface area contributed by atoms with E-state index in [1.165, 1.54) is 0 Å². The van der Waals surface area contributed by atoms with Gasteiger partial charge in [0, 0.05) is 55.9 Å². The first-order valence-corrected chi connectivity index (χ1v) is 11.5. The summed E-state index contributed by atoms with van der Waals surface area (Å²) >= 11 is 0. The van der Waals surface area contributed by atoms with Crippen molar-refractivity contribution in [1.82, 2.24) is 14.5 Å². The Labute approximate surface area is 205 Å². The highest BCUT2D eigenvalue weighted by Gasteiger charge is 2.13. The lowest BCUT2D eigenvalue weighted by Crippen LogP contribution is -2.08. The third kappa shape index (κ3) is 4.62. The number of nitrogens with zero attached hydrogens (tertiary/aromatic N) is 3. The van der Waals surface area contributed by atoms with Gasteiger partial charge < -0.3 is 19.5 Å². The summed E-state index contributed by atoms with van der Waals surface area (Å²) in [7, 11) is 6.10.